The van der Waals surface area contributed by atoms with Crippen LogP contribution in [0.1, 0.15) is 47.5 Å². The minimum absolute atomic E-state index is 0.221. The molecule has 1 atom stereocenters. The van der Waals surface area contributed by atoms with Gasteiger partial charge in [0.15, 0.2) is 6.10 Å². The third kappa shape index (κ3) is 6.29. The molecule has 0 fully saturated rings. The number of hydrogen-bond acceptors (Lipinski definition) is 2. The van der Waals surface area contributed by atoms with Crippen molar-refractivity contribution in [1.29, 1.82) is 0 Å². The number of carbonyl (C=O) groups excluding carboxylic acids is 1. The molecule has 0 bridgehead atoms. The Morgan fingerprint density at radius 3 is 2.50 bits per heavy atom. The van der Waals surface area contributed by atoms with Crippen LogP contribution in [0.25, 0.3) is 0 Å². The summed E-state index contributed by atoms with van der Waals surface area (Å²) in [5.74, 6) is 5.42. The lowest BCUT2D eigenvalue weighted by atomic mass is 9.97. The molecule has 0 radical (unpaired) electrons. The molecule has 0 aromatic heterocycles. The van der Waals surface area contributed by atoms with Gasteiger partial charge in [0.1, 0.15) is 0 Å². The van der Waals surface area contributed by atoms with Crippen molar-refractivity contribution in [1.82, 2.24) is 0 Å². The summed E-state index contributed by atoms with van der Waals surface area (Å²) in [5, 5.41) is 0. The predicted molar refractivity (Wildman–Crippen MR) is 66.8 cm³/mol. The monoisotopic (exact) mass is 222 g/mol. The third-order valence-corrected chi connectivity index (χ3v) is 1.90. The second-order valence-electron chi connectivity index (χ2n) is 4.69. The number of rotatable bonds is 4. The van der Waals surface area contributed by atoms with Crippen LogP contribution in [0.5, 0.6) is 0 Å². The van der Waals surface area contributed by atoms with Crippen molar-refractivity contribution >= 4 is 5.97 Å². The van der Waals surface area contributed by atoms with Gasteiger partial charge < -0.3 is 4.74 Å². The summed E-state index contributed by atoms with van der Waals surface area (Å²) in [6.07, 6.45) is 5.50. The van der Waals surface area contributed by atoms with Gasteiger partial charge in [0, 0.05) is 0 Å². The first-order chi connectivity index (χ1) is 7.41. The molecule has 2 nitrogen and oxygen atoms in total. The van der Waals surface area contributed by atoms with Gasteiger partial charge in [-0.05, 0) is 40.2 Å². The van der Waals surface area contributed by atoms with Crippen LogP contribution in [0.3, 0.4) is 0 Å². The lowest BCUT2D eigenvalue weighted by molar-refractivity contribution is -0.154. The van der Waals surface area contributed by atoms with E-state index in [0.717, 1.165) is 12.8 Å². The first-order valence-corrected chi connectivity index (χ1v) is 5.71. The van der Waals surface area contributed by atoms with E-state index in [0.29, 0.717) is 0 Å². The van der Waals surface area contributed by atoms with Crippen molar-refractivity contribution < 1.29 is 9.53 Å². The van der Waals surface area contributed by atoms with Crippen LogP contribution < -0.4 is 0 Å². The van der Waals surface area contributed by atoms with Gasteiger partial charge in [-0.15, -0.1) is 5.92 Å². The van der Waals surface area contributed by atoms with Crippen molar-refractivity contribution in [3.05, 3.63) is 12.2 Å². The van der Waals surface area contributed by atoms with Crippen LogP contribution in [-0.2, 0) is 9.53 Å². The van der Waals surface area contributed by atoms with Crippen LogP contribution >= 0.6 is 0 Å². The molecule has 0 aliphatic rings. The summed E-state index contributed by atoms with van der Waals surface area (Å²) >= 11 is 0. The van der Waals surface area contributed by atoms with Gasteiger partial charge in [0.25, 0.3) is 0 Å². The Morgan fingerprint density at radius 1 is 1.44 bits per heavy atom. The highest BCUT2D eigenvalue weighted by Crippen LogP contribution is 2.16. The molecule has 0 heterocycles. The number of hydrogen-bond donors (Lipinski definition) is 0. The van der Waals surface area contributed by atoms with E-state index < -0.39 is 11.5 Å². The average molecular weight is 222 g/mol. The first kappa shape index (κ1) is 14.8. The number of carbonyl (C=O) groups is 1. The SMILES string of the molecule is CC#CC(/C=C/CCC)OC(=O)C(C)(C)C. The van der Waals surface area contributed by atoms with E-state index in [1.165, 1.54) is 0 Å². The normalized spacial score (nSPS) is 13.1. The zero-order valence-corrected chi connectivity index (χ0v) is 11.0. The molecule has 1 unspecified atom stereocenters. The van der Waals surface area contributed by atoms with Crippen LogP contribution in [0.15, 0.2) is 12.2 Å². The van der Waals surface area contributed by atoms with Crippen LogP contribution in [-0.4, -0.2) is 12.1 Å². The van der Waals surface area contributed by atoms with Crippen molar-refractivity contribution in [2.75, 3.05) is 0 Å². The Kier molecular flexibility index (Phi) is 6.56. The largest absolute Gasteiger partial charge is 0.444 e. The smallest absolute Gasteiger partial charge is 0.312 e. The highest BCUT2D eigenvalue weighted by atomic mass is 16.5. The van der Waals surface area contributed by atoms with Crippen LogP contribution in [0.2, 0.25) is 0 Å². The molecule has 0 saturated heterocycles. The molecular formula is C14H22O2. The second-order valence-corrected chi connectivity index (χ2v) is 4.69. The second kappa shape index (κ2) is 7.11. The van der Waals surface area contributed by atoms with Gasteiger partial charge >= 0.3 is 5.97 Å². The van der Waals surface area contributed by atoms with E-state index in [-0.39, 0.29) is 5.97 Å². The lowest BCUT2D eigenvalue weighted by Gasteiger charge is -2.18. The summed E-state index contributed by atoms with van der Waals surface area (Å²) in [7, 11) is 0. The Hall–Kier alpha value is -1.23. The number of esters is 1. The maximum absolute atomic E-state index is 11.7. The third-order valence-electron chi connectivity index (χ3n) is 1.90. The number of ether oxygens (including phenoxy) is 1. The summed E-state index contributed by atoms with van der Waals surface area (Å²) in [6.45, 7) is 9.35. The first-order valence-electron chi connectivity index (χ1n) is 5.71. The minimum Gasteiger partial charge on any atom is -0.444 e. The Bertz CT molecular complexity index is 297. The molecule has 0 aliphatic heterocycles. The molecule has 0 spiro atoms. The fourth-order valence-corrected chi connectivity index (χ4v) is 0.938. The number of unbranched alkanes of at least 4 members (excludes halogenated alkanes) is 1. The van der Waals surface area contributed by atoms with E-state index in [1.54, 1.807) is 6.92 Å². The fraction of sp³-hybridized carbons (Fsp3) is 0.643. The van der Waals surface area contributed by atoms with Gasteiger partial charge in [-0.3, -0.25) is 4.79 Å². The summed E-state index contributed by atoms with van der Waals surface area (Å²) in [4.78, 5) is 11.7. The Balaban J connectivity index is 4.44. The van der Waals surface area contributed by atoms with E-state index in [1.807, 2.05) is 32.9 Å². The highest BCUT2D eigenvalue weighted by molar-refractivity contribution is 5.75. The summed E-state index contributed by atoms with van der Waals surface area (Å²) in [5.41, 5.74) is -0.480. The molecule has 0 N–H and O–H groups in total. The van der Waals surface area contributed by atoms with Crippen LogP contribution in [0, 0.1) is 17.3 Å². The molecule has 0 aromatic rings. The van der Waals surface area contributed by atoms with Gasteiger partial charge in [-0.1, -0.05) is 25.3 Å². The standard InChI is InChI=1S/C14H22O2/c1-6-8-9-11-12(10-7-2)16-13(15)14(3,4)5/h9,11-12H,6,8H2,1-5H3/b11-9+. The Labute approximate surface area is 99.1 Å². The van der Waals surface area contributed by atoms with Crippen molar-refractivity contribution in [2.24, 2.45) is 5.41 Å². The minimum atomic E-state index is -0.480. The van der Waals surface area contributed by atoms with Crippen molar-refractivity contribution in [2.45, 2.75) is 53.6 Å². The molecular weight excluding hydrogens is 200 g/mol. The quantitative estimate of drug-likeness (QED) is 0.414. The summed E-state index contributed by atoms with van der Waals surface area (Å²) in [6, 6.07) is 0. The zero-order valence-electron chi connectivity index (χ0n) is 11.0. The van der Waals surface area contributed by atoms with Gasteiger partial charge in [0.2, 0.25) is 0 Å². The lowest BCUT2D eigenvalue weighted by Crippen LogP contribution is -2.26. The highest BCUT2D eigenvalue weighted by Gasteiger charge is 2.24. The predicted octanol–water partition coefficient (Wildman–Crippen LogP) is 3.32. The molecule has 2 heteroatoms. The molecule has 0 amide bonds. The topological polar surface area (TPSA) is 26.3 Å². The molecule has 0 aromatic carbocycles. The number of allylic oxidation sites excluding steroid dienone is 1. The molecule has 0 rings (SSSR count). The maximum atomic E-state index is 11.7. The molecule has 16 heavy (non-hydrogen) atoms. The average Bonchev–Trinajstić information content (AvgIpc) is 2.16. The summed E-state index contributed by atoms with van der Waals surface area (Å²) < 4.78 is 5.30. The van der Waals surface area contributed by atoms with E-state index in [2.05, 4.69) is 18.8 Å². The van der Waals surface area contributed by atoms with Gasteiger partial charge in [-0.2, -0.15) is 0 Å². The molecule has 0 aliphatic carbocycles. The van der Waals surface area contributed by atoms with E-state index >= 15 is 0 Å². The molecule has 90 valence electrons. The maximum Gasteiger partial charge on any atom is 0.312 e. The van der Waals surface area contributed by atoms with Gasteiger partial charge in [-0.25, -0.2) is 0 Å². The molecule has 0 saturated carbocycles. The van der Waals surface area contributed by atoms with Crippen LogP contribution in [0.4, 0.5) is 0 Å². The van der Waals surface area contributed by atoms with Crippen molar-refractivity contribution in [3.8, 4) is 11.8 Å². The van der Waals surface area contributed by atoms with E-state index in [9.17, 15) is 4.79 Å². The van der Waals surface area contributed by atoms with E-state index in [4.69, 9.17) is 4.74 Å². The Morgan fingerprint density at radius 2 is 2.06 bits per heavy atom. The van der Waals surface area contributed by atoms with Crippen molar-refractivity contribution in [3.63, 3.8) is 0 Å². The zero-order chi connectivity index (χ0) is 12.6. The van der Waals surface area contributed by atoms with Gasteiger partial charge in [0.05, 0.1) is 5.41 Å². The fourth-order valence-electron chi connectivity index (χ4n) is 0.938.